The van der Waals surface area contributed by atoms with Crippen LogP contribution in [0.1, 0.15) is 38.1 Å². The molecule has 0 aliphatic heterocycles. The Labute approximate surface area is 203 Å². The number of carbonyl (C=O) groups is 1. The molecule has 0 N–H and O–H groups in total. The van der Waals surface area contributed by atoms with Gasteiger partial charge in [-0.1, -0.05) is 17.4 Å². The van der Waals surface area contributed by atoms with Crippen molar-refractivity contribution in [2.45, 2.75) is 34.2 Å². The highest BCUT2D eigenvalue weighted by Crippen LogP contribution is 2.39. The minimum absolute atomic E-state index is 0.358. The smallest absolute Gasteiger partial charge is 0.279 e. The van der Waals surface area contributed by atoms with Crippen LogP contribution in [-0.2, 0) is 11.3 Å². The van der Waals surface area contributed by atoms with E-state index in [4.69, 9.17) is 23.7 Å². The maximum Gasteiger partial charge on any atom is 0.279 e. The van der Waals surface area contributed by atoms with Gasteiger partial charge in [-0.3, -0.25) is 4.79 Å². The van der Waals surface area contributed by atoms with Crippen LogP contribution in [-0.4, -0.2) is 50.6 Å². The molecule has 2 aromatic carbocycles. The molecule has 1 amide bonds. The van der Waals surface area contributed by atoms with E-state index in [0.29, 0.717) is 67.2 Å². The van der Waals surface area contributed by atoms with Crippen molar-refractivity contribution in [3.8, 4) is 23.0 Å². The second-order valence-electron chi connectivity index (χ2n) is 7.08. The Balaban J connectivity index is 2.15. The minimum atomic E-state index is -0.402. The van der Waals surface area contributed by atoms with Gasteiger partial charge in [0.1, 0.15) is 11.3 Å². The lowest BCUT2D eigenvalue weighted by atomic mass is 10.1. The summed E-state index contributed by atoms with van der Waals surface area (Å²) in [5.41, 5.74) is 1.26. The van der Waals surface area contributed by atoms with Gasteiger partial charge in [-0.25, -0.2) is 0 Å². The third-order valence-corrected chi connectivity index (χ3v) is 5.88. The number of benzene rings is 2. The number of para-hydroxylation sites is 1. The summed E-state index contributed by atoms with van der Waals surface area (Å²) in [5, 5.41) is 0. The van der Waals surface area contributed by atoms with Gasteiger partial charge >= 0.3 is 0 Å². The Hall–Kier alpha value is -3.04. The van der Waals surface area contributed by atoms with Gasteiger partial charge in [0, 0.05) is 19.2 Å². The number of hydrogen-bond donors (Lipinski definition) is 0. The van der Waals surface area contributed by atoms with Crippen LogP contribution < -0.4 is 23.7 Å². The molecular formula is C25H32N2O6S. The Morgan fingerprint density at radius 1 is 0.912 bits per heavy atom. The highest BCUT2D eigenvalue weighted by Gasteiger charge is 2.19. The molecule has 9 heteroatoms. The van der Waals surface area contributed by atoms with Crippen LogP contribution in [0.15, 0.2) is 35.3 Å². The van der Waals surface area contributed by atoms with E-state index >= 15 is 0 Å². The van der Waals surface area contributed by atoms with Crippen LogP contribution in [0.25, 0.3) is 10.2 Å². The summed E-state index contributed by atoms with van der Waals surface area (Å²) in [5.74, 6) is 1.74. The lowest BCUT2D eigenvalue weighted by molar-refractivity contribution is 0.0996. The van der Waals surface area contributed by atoms with E-state index in [1.54, 1.807) is 19.2 Å². The molecule has 0 aliphatic carbocycles. The van der Waals surface area contributed by atoms with Crippen LogP contribution >= 0.6 is 11.3 Å². The van der Waals surface area contributed by atoms with Gasteiger partial charge < -0.3 is 28.3 Å². The number of nitrogens with zero attached hydrogens (tertiary/aromatic N) is 2. The van der Waals surface area contributed by atoms with Crippen molar-refractivity contribution in [3.63, 3.8) is 0 Å². The van der Waals surface area contributed by atoms with Gasteiger partial charge in [0.25, 0.3) is 5.91 Å². The van der Waals surface area contributed by atoms with Gasteiger partial charge in [0.2, 0.25) is 5.75 Å². The van der Waals surface area contributed by atoms with E-state index in [2.05, 4.69) is 4.99 Å². The number of hydrogen-bond acceptors (Lipinski definition) is 7. The fourth-order valence-corrected chi connectivity index (χ4v) is 4.58. The third kappa shape index (κ3) is 5.71. The standard InChI is InChI=1S/C25H32N2O6S/c1-6-30-18-11-10-12-21-22(18)27(13-14-29-5)25(34-21)26-24(28)17-15-19(31-7-2)23(33-9-4)20(16-17)32-8-3/h10-12,15-16H,6-9,13-14H2,1-5H3. The Kier molecular flexibility index (Phi) is 9.35. The number of methoxy groups -OCH3 is 1. The predicted octanol–water partition coefficient (Wildman–Crippen LogP) is 4.69. The summed E-state index contributed by atoms with van der Waals surface area (Å²) < 4.78 is 31.3. The molecule has 0 spiro atoms. The molecule has 0 bridgehead atoms. The number of thiazole rings is 1. The monoisotopic (exact) mass is 488 g/mol. The van der Waals surface area contributed by atoms with Crippen molar-refractivity contribution in [3.05, 3.63) is 40.7 Å². The van der Waals surface area contributed by atoms with Crippen LogP contribution in [0.3, 0.4) is 0 Å². The van der Waals surface area contributed by atoms with Crippen molar-refractivity contribution in [2.75, 3.05) is 40.1 Å². The zero-order valence-corrected chi connectivity index (χ0v) is 21.2. The van der Waals surface area contributed by atoms with Crippen molar-refractivity contribution in [1.29, 1.82) is 0 Å². The van der Waals surface area contributed by atoms with Gasteiger partial charge in [-0.05, 0) is 52.0 Å². The number of carbonyl (C=O) groups excluding carboxylic acids is 1. The topological polar surface area (TPSA) is 80.5 Å². The highest BCUT2D eigenvalue weighted by molar-refractivity contribution is 7.16. The van der Waals surface area contributed by atoms with Gasteiger partial charge in [0.05, 0.1) is 37.7 Å². The van der Waals surface area contributed by atoms with Crippen molar-refractivity contribution in [1.82, 2.24) is 4.57 Å². The zero-order chi connectivity index (χ0) is 24.5. The SMILES string of the molecule is CCOc1cc(C(=O)N=c2sc3cccc(OCC)c3n2CCOC)cc(OCC)c1OCC. The van der Waals surface area contributed by atoms with Gasteiger partial charge in [-0.2, -0.15) is 4.99 Å². The van der Waals surface area contributed by atoms with Gasteiger partial charge in [0.15, 0.2) is 16.3 Å². The van der Waals surface area contributed by atoms with Crippen molar-refractivity contribution in [2.24, 2.45) is 4.99 Å². The highest BCUT2D eigenvalue weighted by atomic mass is 32.1. The molecule has 0 fully saturated rings. The molecule has 0 aliphatic rings. The normalized spacial score (nSPS) is 11.6. The first-order chi connectivity index (χ1) is 16.6. The molecule has 3 rings (SSSR count). The molecule has 3 aromatic rings. The maximum absolute atomic E-state index is 13.3. The van der Waals surface area contributed by atoms with E-state index in [1.807, 2.05) is 50.5 Å². The fourth-order valence-electron chi connectivity index (χ4n) is 3.51. The van der Waals surface area contributed by atoms with E-state index < -0.39 is 5.91 Å². The maximum atomic E-state index is 13.3. The van der Waals surface area contributed by atoms with Crippen LogP contribution in [0, 0.1) is 0 Å². The number of fused-ring (bicyclic) bond motifs is 1. The lowest BCUT2D eigenvalue weighted by Gasteiger charge is -2.16. The predicted molar refractivity (Wildman–Crippen MR) is 133 cm³/mol. The Morgan fingerprint density at radius 3 is 2.12 bits per heavy atom. The summed E-state index contributed by atoms with van der Waals surface area (Å²) in [6.45, 7) is 10.4. The van der Waals surface area contributed by atoms with E-state index in [1.165, 1.54) is 11.3 Å². The first kappa shape index (κ1) is 25.6. The van der Waals surface area contributed by atoms with Crippen LogP contribution in [0.4, 0.5) is 0 Å². The summed E-state index contributed by atoms with van der Waals surface area (Å²) in [4.78, 5) is 18.4. The number of rotatable bonds is 12. The second kappa shape index (κ2) is 12.4. The molecule has 0 atom stereocenters. The summed E-state index contributed by atoms with van der Waals surface area (Å²) in [7, 11) is 1.64. The third-order valence-electron chi connectivity index (χ3n) is 4.84. The summed E-state index contributed by atoms with van der Waals surface area (Å²) in [6.07, 6.45) is 0. The first-order valence-electron chi connectivity index (χ1n) is 11.5. The summed E-state index contributed by atoms with van der Waals surface area (Å²) >= 11 is 1.43. The lowest BCUT2D eigenvalue weighted by Crippen LogP contribution is -2.20. The zero-order valence-electron chi connectivity index (χ0n) is 20.4. The number of amides is 1. The molecule has 1 heterocycles. The second-order valence-corrected chi connectivity index (χ2v) is 8.09. The molecule has 184 valence electrons. The quantitative estimate of drug-likeness (QED) is 0.368. The molecule has 1 aromatic heterocycles. The average Bonchev–Trinajstić information content (AvgIpc) is 3.17. The van der Waals surface area contributed by atoms with Crippen LogP contribution in [0.5, 0.6) is 23.0 Å². The van der Waals surface area contributed by atoms with E-state index in [0.717, 1.165) is 16.0 Å². The molecule has 8 nitrogen and oxygen atoms in total. The largest absolute Gasteiger partial charge is 0.492 e. The van der Waals surface area contributed by atoms with E-state index in [-0.39, 0.29) is 0 Å². The molecule has 0 saturated heterocycles. The number of aromatic nitrogens is 1. The molecule has 0 unspecified atom stereocenters. The van der Waals surface area contributed by atoms with Crippen molar-refractivity contribution >= 4 is 27.5 Å². The fraction of sp³-hybridized carbons (Fsp3) is 0.440. The molecule has 0 radical (unpaired) electrons. The Morgan fingerprint density at radius 2 is 1.53 bits per heavy atom. The minimum Gasteiger partial charge on any atom is -0.492 e. The van der Waals surface area contributed by atoms with Crippen LogP contribution in [0.2, 0.25) is 0 Å². The van der Waals surface area contributed by atoms with Gasteiger partial charge in [-0.15, -0.1) is 0 Å². The molecular weight excluding hydrogens is 456 g/mol. The average molecular weight is 489 g/mol. The van der Waals surface area contributed by atoms with Crippen molar-refractivity contribution < 1.29 is 28.5 Å². The molecule has 0 saturated carbocycles. The Bertz CT molecular complexity index is 1160. The summed E-state index contributed by atoms with van der Waals surface area (Å²) in [6, 6.07) is 9.16. The molecule has 34 heavy (non-hydrogen) atoms. The van der Waals surface area contributed by atoms with E-state index in [9.17, 15) is 4.79 Å². The first-order valence-corrected chi connectivity index (χ1v) is 12.3. The number of ether oxygens (including phenoxy) is 5.